The summed E-state index contributed by atoms with van der Waals surface area (Å²) in [5.41, 5.74) is -0.505. The SMILES string of the molecule is COc1cc(C(=O)N2CCN(C(=O)Nc3ccc(C(F)(F)F)cc3)CC2C(=O)NCC2CCCO2)cc(OC)c1OC. The Labute approximate surface area is 240 Å². The van der Waals surface area contributed by atoms with Crippen molar-refractivity contribution < 1.29 is 46.5 Å². The lowest BCUT2D eigenvalue weighted by molar-refractivity contribution is -0.137. The van der Waals surface area contributed by atoms with Gasteiger partial charge in [-0.2, -0.15) is 13.2 Å². The van der Waals surface area contributed by atoms with E-state index in [0.717, 1.165) is 37.1 Å². The Morgan fingerprint density at radius 2 is 1.67 bits per heavy atom. The van der Waals surface area contributed by atoms with Crippen LogP contribution in [-0.4, -0.2) is 93.9 Å². The number of halogens is 3. The van der Waals surface area contributed by atoms with Crippen LogP contribution in [0.4, 0.5) is 23.7 Å². The maximum absolute atomic E-state index is 13.7. The van der Waals surface area contributed by atoms with E-state index in [0.29, 0.717) is 12.4 Å². The number of amides is 4. The van der Waals surface area contributed by atoms with E-state index >= 15 is 0 Å². The fourth-order valence-electron chi connectivity index (χ4n) is 4.89. The Bertz CT molecular complexity index is 1260. The molecule has 0 aliphatic carbocycles. The molecule has 228 valence electrons. The van der Waals surface area contributed by atoms with Crippen molar-refractivity contribution in [1.82, 2.24) is 15.1 Å². The Morgan fingerprint density at radius 1 is 1.00 bits per heavy atom. The average Bonchev–Trinajstić information content (AvgIpc) is 3.52. The van der Waals surface area contributed by atoms with Gasteiger partial charge in [-0.05, 0) is 49.2 Å². The molecular formula is C28H33F3N4O7. The number of anilines is 1. The highest BCUT2D eigenvalue weighted by atomic mass is 19.4. The lowest BCUT2D eigenvalue weighted by Gasteiger charge is -2.40. The topological polar surface area (TPSA) is 119 Å². The second-order valence-electron chi connectivity index (χ2n) is 9.76. The fourth-order valence-corrected chi connectivity index (χ4v) is 4.89. The highest BCUT2D eigenvalue weighted by Crippen LogP contribution is 2.38. The Balaban J connectivity index is 1.54. The maximum Gasteiger partial charge on any atom is 0.416 e. The summed E-state index contributed by atoms with van der Waals surface area (Å²) in [6.07, 6.45) is -2.97. The number of alkyl halides is 3. The van der Waals surface area contributed by atoms with E-state index in [4.69, 9.17) is 18.9 Å². The molecule has 2 heterocycles. The standard InChI is InChI=1S/C28H33F3N4O7/c1-39-22-13-17(14-23(40-2)24(22)41-3)26(37)35-11-10-34(16-21(35)25(36)32-15-20-5-4-12-42-20)27(38)33-19-8-6-18(7-9-19)28(29,30)31/h6-9,13-14,20-21H,4-5,10-12,15-16H2,1-3H3,(H,32,36)(H,33,38). The summed E-state index contributed by atoms with van der Waals surface area (Å²) < 4.78 is 60.4. The number of benzene rings is 2. The van der Waals surface area contributed by atoms with E-state index in [-0.39, 0.29) is 55.0 Å². The van der Waals surface area contributed by atoms with Gasteiger partial charge >= 0.3 is 12.2 Å². The molecule has 4 rings (SSSR count). The first-order valence-corrected chi connectivity index (χ1v) is 13.3. The number of hydrogen-bond donors (Lipinski definition) is 2. The molecule has 2 atom stereocenters. The van der Waals surface area contributed by atoms with Gasteiger partial charge in [0.05, 0.1) is 39.5 Å². The van der Waals surface area contributed by atoms with Gasteiger partial charge in [-0.15, -0.1) is 0 Å². The number of nitrogens with zero attached hydrogens (tertiary/aromatic N) is 2. The van der Waals surface area contributed by atoms with Crippen molar-refractivity contribution >= 4 is 23.5 Å². The Kier molecular flexibility index (Phi) is 9.66. The number of carbonyl (C=O) groups excluding carboxylic acids is 3. The molecule has 0 radical (unpaired) electrons. The van der Waals surface area contributed by atoms with Gasteiger partial charge in [0.1, 0.15) is 6.04 Å². The first-order chi connectivity index (χ1) is 20.0. The van der Waals surface area contributed by atoms with E-state index in [9.17, 15) is 27.6 Å². The van der Waals surface area contributed by atoms with Crippen LogP contribution in [0.2, 0.25) is 0 Å². The van der Waals surface area contributed by atoms with Crippen LogP contribution >= 0.6 is 0 Å². The van der Waals surface area contributed by atoms with Crippen LogP contribution in [0, 0.1) is 0 Å². The van der Waals surface area contributed by atoms with Crippen molar-refractivity contribution in [3.63, 3.8) is 0 Å². The first kappa shape index (κ1) is 30.8. The third kappa shape index (κ3) is 6.98. The van der Waals surface area contributed by atoms with Crippen LogP contribution < -0.4 is 24.8 Å². The Morgan fingerprint density at radius 3 is 2.21 bits per heavy atom. The average molecular weight is 595 g/mol. The second kappa shape index (κ2) is 13.2. The van der Waals surface area contributed by atoms with Crippen molar-refractivity contribution in [1.29, 1.82) is 0 Å². The predicted octanol–water partition coefficient (Wildman–Crippen LogP) is 3.38. The molecule has 2 unspecified atom stereocenters. The molecule has 0 bridgehead atoms. The summed E-state index contributed by atoms with van der Waals surface area (Å²) in [4.78, 5) is 42.9. The predicted molar refractivity (Wildman–Crippen MR) is 145 cm³/mol. The fraction of sp³-hybridized carbons (Fsp3) is 0.464. The minimum Gasteiger partial charge on any atom is -0.493 e. The summed E-state index contributed by atoms with van der Waals surface area (Å²) in [6.45, 7) is 0.777. The van der Waals surface area contributed by atoms with Crippen molar-refractivity contribution in [2.75, 3.05) is 59.4 Å². The summed E-state index contributed by atoms with van der Waals surface area (Å²) in [5.74, 6) is -0.150. The normalized spacial score (nSPS) is 18.8. The Hall–Kier alpha value is -4.20. The van der Waals surface area contributed by atoms with Crippen LogP contribution in [0.25, 0.3) is 0 Å². The smallest absolute Gasteiger partial charge is 0.416 e. The second-order valence-corrected chi connectivity index (χ2v) is 9.76. The van der Waals surface area contributed by atoms with Crippen LogP contribution in [0.5, 0.6) is 17.2 Å². The number of methoxy groups -OCH3 is 3. The number of piperazine rings is 1. The van der Waals surface area contributed by atoms with Gasteiger partial charge < -0.3 is 39.4 Å². The zero-order chi connectivity index (χ0) is 30.4. The van der Waals surface area contributed by atoms with Gasteiger partial charge in [0.15, 0.2) is 11.5 Å². The molecule has 14 heteroatoms. The monoisotopic (exact) mass is 594 g/mol. The molecule has 0 spiro atoms. The minimum absolute atomic E-state index is 0.00788. The highest BCUT2D eigenvalue weighted by molar-refractivity contribution is 5.99. The third-order valence-corrected chi connectivity index (χ3v) is 7.13. The van der Waals surface area contributed by atoms with Gasteiger partial charge in [-0.25, -0.2) is 4.79 Å². The summed E-state index contributed by atoms with van der Waals surface area (Å²) >= 11 is 0. The summed E-state index contributed by atoms with van der Waals surface area (Å²) in [7, 11) is 4.27. The molecule has 2 saturated heterocycles. The van der Waals surface area contributed by atoms with Crippen molar-refractivity contribution in [2.45, 2.75) is 31.2 Å². The molecule has 2 aliphatic heterocycles. The third-order valence-electron chi connectivity index (χ3n) is 7.13. The first-order valence-electron chi connectivity index (χ1n) is 13.3. The maximum atomic E-state index is 13.7. The number of hydrogen-bond acceptors (Lipinski definition) is 7. The molecule has 2 aromatic rings. The number of carbonyl (C=O) groups is 3. The molecule has 42 heavy (non-hydrogen) atoms. The molecular weight excluding hydrogens is 561 g/mol. The molecule has 0 saturated carbocycles. The minimum atomic E-state index is -4.51. The van der Waals surface area contributed by atoms with E-state index in [2.05, 4.69) is 10.6 Å². The largest absolute Gasteiger partial charge is 0.493 e. The van der Waals surface area contributed by atoms with Gasteiger partial charge in [-0.3, -0.25) is 9.59 Å². The van der Waals surface area contributed by atoms with Crippen LogP contribution in [0.15, 0.2) is 36.4 Å². The van der Waals surface area contributed by atoms with E-state index in [1.165, 1.54) is 43.3 Å². The van der Waals surface area contributed by atoms with Crippen molar-refractivity contribution in [2.24, 2.45) is 0 Å². The van der Waals surface area contributed by atoms with Crippen molar-refractivity contribution in [3.05, 3.63) is 47.5 Å². The van der Waals surface area contributed by atoms with E-state index in [1.54, 1.807) is 0 Å². The van der Waals surface area contributed by atoms with E-state index < -0.39 is 35.6 Å². The quantitative estimate of drug-likeness (QED) is 0.481. The molecule has 0 aromatic heterocycles. The number of rotatable bonds is 8. The zero-order valence-corrected chi connectivity index (χ0v) is 23.5. The molecule has 11 nitrogen and oxygen atoms in total. The van der Waals surface area contributed by atoms with E-state index in [1.807, 2.05) is 0 Å². The lowest BCUT2D eigenvalue weighted by atomic mass is 10.1. The molecule has 2 fully saturated rings. The highest BCUT2D eigenvalue weighted by Gasteiger charge is 2.38. The number of nitrogens with one attached hydrogen (secondary N) is 2. The van der Waals surface area contributed by atoms with Gasteiger partial charge in [0.2, 0.25) is 11.7 Å². The van der Waals surface area contributed by atoms with Gasteiger partial charge in [0, 0.05) is 37.5 Å². The van der Waals surface area contributed by atoms with Crippen LogP contribution in [-0.2, 0) is 15.7 Å². The van der Waals surface area contributed by atoms with Crippen LogP contribution in [0.1, 0.15) is 28.8 Å². The molecule has 2 N–H and O–H groups in total. The van der Waals surface area contributed by atoms with Gasteiger partial charge in [-0.1, -0.05) is 0 Å². The van der Waals surface area contributed by atoms with Crippen LogP contribution in [0.3, 0.4) is 0 Å². The van der Waals surface area contributed by atoms with Crippen molar-refractivity contribution in [3.8, 4) is 17.2 Å². The number of urea groups is 1. The summed E-state index contributed by atoms with van der Waals surface area (Å²) in [5, 5.41) is 5.39. The van der Waals surface area contributed by atoms with Gasteiger partial charge in [0.25, 0.3) is 5.91 Å². The molecule has 2 aliphatic rings. The summed E-state index contributed by atoms with van der Waals surface area (Å²) in [6, 6.07) is 5.31. The molecule has 2 aromatic carbocycles. The lowest BCUT2D eigenvalue weighted by Crippen LogP contribution is -2.62. The molecule has 4 amide bonds. The zero-order valence-electron chi connectivity index (χ0n) is 23.5. The number of ether oxygens (including phenoxy) is 4.